The third kappa shape index (κ3) is 4.95. The molecule has 19 heavy (non-hydrogen) atoms. The van der Waals surface area contributed by atoms with Gasteiger partial charge in [-0.25, -0.2) is 4.39 Å². The average Bonchev–Trinajstić information content (AvgIpc) is 2.35. The molecule has 106 valence electrons. The van der Waals surface area contributed by atoms with Crippen molar-refractivity contribution >= 4 is 35.6 Å². The van der Waals surface area contributed by atoms with Crippen LogP contribution in [0.15, 0.2) is 18.2 Å². The minimum atomic E-state index is -0.551. The van der Waals surface area contributed by atoms with Gasteiger partial charge in [-0.2, -0.15) is 0 Å². The highest BCUT2D eigenvalue weighted by Gasteiger charge is 2.17. The van der Waals surface area contributed by atoms with E-state index in [2.05, 4.69) is 10.6 Å². The van der Waals surface area contributed by atoms with Crippen LogP contribution in [0.4, 0.5) is 10.1 Å². The summed E-state index contributed by atoms with van der Waals surface area (Å²) in [7, 11) is 0. The number of carbonyl (C=O) groups excluding carboxylic acids is 1. The molecule has 0 bridgehead atoms. The number of carbonyl (C=O) groups is 1. The third-order valence-corrected chi connectivity index (χ3v) is 2.93. The number of morpholine rings is 1. The number of amides is 1. The maximum absolute atomic E-state index is 13.2. The molecule has 2 N–H and O–H groups in total. The monoisotopic (exact) mass is 308 g/mol. The molecule has 1 aliphatic heterocycles. The number of hydrogen-bond donors (Lipinski definition) is 2. The predicted octanol–water partition coefficient (Wildman–Crippen LogP) is 2.22. The van der Waals surface area contributed by atoms with Gasteiger partial charge in [-0.3, -0.25) is 4.79 Å². The second kappa shape index (κ2) is 7.65. The van der Waals surface area contributed by atoms with Crippen LogP contribution in [0, 0.1) is 5.82 Å². The second-order valence-corrected chi connectivity index (χ2v) is 4.49. The first kappa shape index (κ1) is 16.2. The summed E-state index contributed by atoms with van der Waals surface area (Å²) in [5, 5.41) is 5.79. The number of nitrogens with one attached hydrogen (secondary N) is 2. The first-order valence-electron chi connectivity index (χ1n) is 5.72. The molecule has 0 spiro atoms. The molecule has 1 saturated heterocycles. The molecule has 4 nitrogen and oxygen atoms in total. The molecule has 1 fully saturated rings. The largest absolute Gasteiger partial charge is 0.375 e. The number of hydrogen-bond acceptors (Lipinski definition) is 3. The summed E-state index contributed by atoms with van der Waals surface area (Å²) in [4.78, 5) is 11.7. The molecule has 0 aromatic heterocycles. The van der Waals surface area contributed by atoms with E-state index in [1.807, 2.05) is 0 Å². The van der Waals surface area contributed by atoms with Gasteiger partial charge in [0.1, 0.15) is 5.82 Å². The molecule has 0 aliphatic carbocycles. The Morgan fingerprint density at radius 3 is 3.00 bits per heavy atom. The molecular formula is C12H15Cl2FN2O2. The van der Waals surface area contributed by atoms with Crippen molar-refractivity contribution in [1.82, 2.24) is 5.32 Å². The molecular weight excluding hydrogens is 294 g/mol. The van der Waals surface area contributed by atoms with E-state index in [1.165, 1.54) is 12.1 Å². The highest BCUT2D eigenvalue weighted by Crippen LogP contribution is 2.19. The lowest BCUT2D eigenvalue weighted by atomic mass is 10.2. The summed E-state index contributed by atoms with van der Waals surface area (Å²) in [5.41, 5.74) is 0.394. The Labute approximate surface area is 122 Å². The van der Waals surface area contributed by atoms with Crippen molar-refractivity contribution in [2.75, 3.05) is 25.0 Å². The molecule has 1 unspecified atom stereocenters. The summed E-state index contributed by atoms with van der Waals surface area (Å²) < 4.78 is 18.6. The SMILES string of the molecule is Cl.O=C(CC1CNCCO1)Nc1ccc(Cl)c(F)c1. The Hall–Kier alpha value is -0.880. The van der Waals surface area contributed by atoms with Gasteiger partial charge >= 0.3 is 0 Å². The third-order valence-electron chi connectivity index (χ3n) is 2.62. The minimum absolute atomic E-state index is 0. The van der Waals surface area contributed by atoms with Crippen molar-refractivity contribution < 1.29 is 13.9 Å². The van der Waals surface area contributed by atoms with E-state index >= 15 is 0 Å². The summed E-state index contributed by atoms with van der Waals surface area (Å²) in [6.07, 6.45) is 0.118. The van der Waals surface area contributed by atoms with Gasteiger partial charge in [0.25, 0.3) is 0 Å². The Morgan fingerprint density at radius 1 is 1.58 bits per heavy atom. The summed E-state index contributed by atoms with van der Waals surface area (Å²) in [6, 6.07) is 4.16. The molecule has 2 rings (SSSR count). The fourth-order valence-corrected chi connectivity index (χ4v) is 1.86. The molecule has 1 atom stereocenters. The van der Waals surface area contributed by atoms with Crippen LogP contribution < -0.4 is 10.6 Å². The van der Waals surface area contributed by atoms with E-state index in [4.69, 9.17) is 16.3 Å². The highest BCUT2D eigenvalue weighted by atomic mass is 35.5. The van der Waals surface area contributed by atoms with Crippen LogP contribution in [0.3, 0.4) is 0 Å². The number of benzene rings is 1. The van der Waals surface area contributed by atoms with Crippen molar-refractivity contribution in [1.29, 1.82) is 0 Å². The molecule has 1 aromatic carbocycles. The lowest BCUT2D eigenvalue weighted by Crippen LogP contribution is -2.40. The molecule has 1 heterocycles. The molecule has 0 saturated carbocycles. The van der Waals surface area contributed by atoms with E-state index in [9.17, 15) is 9.18 Å². The highest BCUT2D eigenvalue weighted by molar-refractivity contribution is 6.30. The standard InChI is InChI=1S/C12H14ClFN2O2.ClH/c13-10-2-1-8(5-11(10)14)16-12(17)6-9-7-15-3-4-18-9;/h1-2,5,9,15H,3-4,6-7H2,(H,16,17);1H. The topological polar surface area (TPSA) is 50.4 Å². The van der Waals surface area contributed by atoms with Crippen LogP contribution in [-0.4, -0.2) is 31.7 Å². The molecule has 7 heteroatoms. The van der Waals surface area contributed by atoms with Gasteiger partial charge in [0.15, 0.2) is 0 Å². The maximum Gasteiger partial charge on any atom is 0.227 e. The van der Waals surface area contributed by atoms with Crippen LogP contribution in [0.5, 0.6) is 0 Å². The molecule has 1 aliphatic rings. The van der Waals surface area contributed by atoms with Gasteiger partial charge in [0, 0.05) is 18.8 Å². The zero-order chi connectivity index (χ0) is 13.0. The normalized spacial score (nSPS) is 18.5. The van der Waals surface area contributed by atoms with E-state index in [0.717, 1.165) is 6.54 Å². The van der Waals surface area contributed by atoms with Gasteiger partial charge in [0.2, 0.25) is 5.91 Å². The predicted molar refractivity (Wildman–Crippen MR) is 74.5 cm³/mol. The lowest BCUT2D eigenvalue weighted by molar-refractivity contribution is -0.119. The fraction of sp³-hybridized carbons (Fsp3) is 0.417. The summed E-state index contributed by atoms with van der Waals surface area (Å²) in [5.74, 6) is -0.754. The summed E-state index contributed by atoms with van der Waals surface area (Å²) >= 11 is 5.56. The Bertz CT molecular complexity index is 440. The number of rotatable bonds is 3. The van der Waals surface area contributed by atoms with E-state index in [-0.39, 0.29) is 35.9 Å². The van der Waals surface area contributed by atoms with Crippen LogP contribution in [-0.2, 0) is 9.53 Å². The fourth-order valence-electron chi connectivity index (χ4n) is 1.74. The van der Waals surface area contributed by atoms with Crippen LogP contribution in [0.2, 0.25) is 5.02 Å². The minimum Gasteiger partial charge on any atom is -0.375 e. The second-order valence-electron chi connectivity index (χ2n) is 4.08. The summed E-state index contributed by atoms with van der Waals surface area (Å²) in [6.45, 7) is 2.07. The van der Waals surface area contributed by atoms with Gasteiger partial charge in [-0.05, 0) is 18.2 Å². The zero-order valence-corrected chi connectivity index (χ0v) is 11.7. The van der Waals surface area contributed by atoms with E-state index in [0.29, 0.717) is 18.8 Å². The van der Waals surface area contributed by atoms with Crippen molar-refractivity contribution in [2.24, 2.45) is 0 Å². The maximum atomic E-state index is 13.2. The van der Waals surface area contributed by atoms with Crippen LogP contribution >= 0.6 is 24.0 Å². The number of anilines is 1. The number of halogens is 3. The zero-order valence-electron chi connectivity index (χ0n) is 10.1. The van der Waals surface area contributed by atoms with Crippen molar-refractivity contribution in [3.63, 3.8) is 0 Å². The molecule has 0 radical (unpaired) electrons. The first-order valence-corrected chi connectivity index (χ1v) is 6.10. The van der Waals surface area contributed by atoms with Crippen molar-refractivity contribution in [2.45, 2.75) is 12.5 Å². The smallest absolute Gasteiger partial charge is 0.227 e. The van der Waals surface area contributed by atoms with Crippen molar-refractivity contribution in [3.05, 3.63) is 29.0 Å². The first-order chi connectivity index (χ1) is 8.65. The van der Waals surface area contributed by atoms with E-state index in [1.54, 1.807) is 6.07 Å². The number of ether oxygens (including phenoxy) is 1. The molecule has 1 aromatic rings. The Morgan fingerprint density at radius 2 is 2.37 bits per heavy atom. The van der Waals surface area contributed by atoms with Crippen LogP contribution in [0.25, 0.3) is 0 Å². The average molecular weight is 309 g/mol. The van der Waals surface area contributed by atoms with Gasteiger partial charge in [-0.1, -0.05) is 11.6 Å². The van der Waals surface area contributed by atoms with Gasteiger partial charge in [-0.15, -0.1) is 12.4 Å². The van der Waals surface area contributed by atoms with Gasteiger partial charge in [0.05, 0.1) is 24.2 Å². The van der Waals surface area contributed by atoms with Crippen molar-refractivity contribution in [3.8, 4) is 0 Å². The quantitative estimate of drug-likeness (QED) is 0.900. The van der Waals surface area contributed by atoms with E-state index < -0.39 is 5.82 Å². The molecule has 1 amide bonds. The Balaban J connectivity index is 0.00000180. The Kier molecular flexibility index (Phi) is 6.51. The lowest BCUT2D eigenvalue weighted by Gasteiger charge is -2.23. The van der Waals surface area contributed by atoms with Crippen LogP contribution in [0.1, 0.15) is 6.42 Å². The van der Waals surface area contributed by atoms with Gasteiger partial charge < -0.3 is 15.4 Å².